The summed E-state index contributed by atoms with van der Waals surface area (Å²) in [4.78, 5) is 14.3. The molecule has 0 radical (unpaired) electrons. The van der Waals surface area contributed by atoms with Gasteiger partial charge in [0.25, 0.3) is 0 Å². The zero-order valence-corrected chi connectivity index (χ0v) is 17.8. The maximum Gasteiger partial charge on any atom is 0.125 e. The smallest absolute Gasteiger partial charge is 0.125 e. The Hall–Kier alpha value is -2.02. The molecule has 4 heterocycles. The second-order valence-electron chi connectivity index (χ2n) is 7.50. The van der Waals surface area contributed by atoms with Gasteiger partial charge in [0.15, 0.2) is 0 Å². The molecule has 3 aromatic heterocycles. The molecule has 0 spiro atoms. The predicted octanol–water partition coefficient (Wildman–Crippen LogP) is 6.24. The third-order valence-electron chi connectivity index (χ3n) is 5.95. The number of anilines is 2. The molecule has 28 heavy (non-hydrogen) atoms. The lowest BCUT2D eigenvalue weighted by Gasteiger charge is -2.38. The first-order chi connectivity index (χ1) is 13.7. The van der Waals surface area contributed by atoms with Crippen LogP contribution in [0.25, 0.3) is 20.4 Å². The van der Waals surface area contributed by atoms with E-state index in [2.05, 4.69) is 64.4 Å². The number of thiophene rings is 1. The first kappa shape index (κ1) is 18.0. The van der Waals surface area contributed by atoms with E-state index in [1.807, 2.05) is 23.0 Å². The van der Waals surface area contributed by atoms with Crippen LogP contribution in [0.15, 0.2) is 42.0 Å². The van der Waals surface area contributed by atoms with E-state index in [9.17, 15) is 0 Å². The Morgan fingerprint density at radius 3 is 3.04 bits per heavy atom. The van der Waals surface area contributed by atoms with E-state index in [-0.39, 0.29) is 0 Å². The van der Waals surface area contributed by atoms with Crippen molar-refractivity contribution < 1.29 is 0 Å². The number of hydrogen-bond acceptors (Lipinski definition) is 6. The summed E-state index contributed by atoms with van der Waals surface area (Å²) in [6.07, 6.45) is 4.46. The lowest BCUT2D eigenvalue weighted by molar-refractivity contribution is 0.148. The molecule has 0 amide bonds. The average molecular weight is 409 g/mol. The van der Waals surface area contributed by atoms with Crippen molar-refractivity contribution in [2.24, 2.45) is 0 Å². The van der Waals surface area contributed by atoms with Gasteiger partial charge in [0, 0.05) is 34.1 Å². The first-order valence-electron chi connectivity index (χ1n) is 9.95. The molecule has 6 heteroatoms. The lowest BCUT2D eigenvalue weighted by atomic mass is 9.89. The highest BCUT2D eigenvalue weighted by Crippen LogP contribution is 2.40. The fourth-order valence-electron chi connectivity index (χ4n) is 4.38. The lowest BCUT2D eigenvalue weighted by Crippen LogP contribution is -2.41. The molecular formula is C22H24N4S2. The van der Waals surface area contributed by atoms with E-state index in [0.717, 1.165) is 28.3 Å². The van der Waals surface area contributed by atoms with Crippen molar-refractivity contribution in [1.82, 2.24) is 14.9 Å². The van der Waals surface area contributed by atoms with Gasteiger partial charge in [-0.15, -0.1) is 22.7 Å². The summed E-state index contributed by atoms with van der Waals surface area (Å²) in [5.41, 5.74) is 5.14. The van der Waals surface area contributed by atoms with Gasteiger partial charge < -0.3 is 10.2 Å². The van der Waals surface area contributed by atoms with Crippen LogP contribution in [-0.2, 0) is 0 Å². The molecule has 1 N–H and O–H groups in total. The molecule has 1 fully saturated rings. The largest absolute Gasteiger partial charge is 0.355 e. The third kappa shape index (κ3) is 3.19. The Labute approximate surface area is 173 Å². The average Bonchev–Trinajstić information content (AvgIpc) is 3.35. The maximum absolute atomic E-state index is 4.66. The normalized spacial score (nSPS) is 20.8. The molecule has 1 saturated heterocycles. The molecule has 4 nitrogen and oxygen atoms in total. The quantitative estimate of drug-likeness (QED) is 0.434. The number of likely N-dealkylation sites (tertiary alicyclic amines) is 1. The van der Waals surface area contributed by atoms with Crippen molar-refractivity contribution in [3.8, 4) is 0 Å². The van der Waals surface area contributed by atoms with Crippen molar-refractivity contribution in [2.45, 2.75) is 38.6 Å². The van der Waals surface area contributed by atoms with Gasteiger partial charge in [-0.25, -0.2) is 9.97 Å². The van der Waals surface area contributed by atoms with E-state index in [1.165, 1.54) is 34.3 Å². The maximum atomic E-state index is 4.66. The topological polar surface area (TPSA) is 41.0 Å². The van der Waals surface area contributed by atoms with Gasteiger partial charge in [-0.05, 0) is 63.2 Å². The van der Waals surface area contributed by atoms with Crippen molar-refractivity contribution in [2.75, 3.05) is 18.4 Å². The van der Waals surface area contributed by atoms with E-state index in [0.29, 0.717) is 12.0 Å². The number of piperidine rings is 1. The zero-order valence-electron chi connectivity index (χ0n) is 16.2. The Bertz CT molecular complexity index is 1120. The van der Waals surface area contributed by atoms with E-state index in [1.54, 1.807) is 11.3 Å². The van der Waals surface area contributed by atoms with Crippen LogP contribution in [0.1, 0.15) is 37.5 Å². The van der Waals surface area contributed by atoms with Crippen LogP contribution in [0.3, 0.4) is 0 Å². The van der Waals surface area contributed by atoms with Crippen LogP contribution in [0.2, 0.25) is 0 Å². The summed E-state index contributed by atoms with van der Waals surface area (Å²) in [6.45, 7) is 7.01. The highest BCUT2D eigenvalue weighted by Gasteiger charge is 2.29. The highest BCUT2D eigenvalue weighted by atomic mass is 32.1. The standard InChI is InChI=1S/C22H24N4S2/c1-3-26-10-4-5-16(14(26)2)21-12-17-18(8-9-23-22(17)28-21)25-15-6-7-20-19(11-15)24-13-27-20/h6-9,11-14,16H,3-5,10H2,1-2H3,(H,23,25)/t14-,16-/m1/s1. The number of aromatic nitrogens is 2. The second-order valence-corrected chi connectivity index (χ2v) is 9.45. The monoisotopic (exact) mass is 408 g/mol. The Kier molecular flexibility index (Phi) is 4.78. The summed E-state index contributed by atoms with van der Waals surface area (Å²) in [5, 5.41) is 4.82. The van der Waals surface area contributed by atoms with Crippen LogP contribution >= 0.6 is 22.7 Å². The number of benzene rings is 1. The number of hydrogen-bond donors (Lipinski definition) is 1. The van der Waals surface area contributed by atoms with Crippen LogP contribution in [0, 0.1) is 0 Å². The Morgan fingerprint density at radius 2 is 2.14 bits per heavy atom. The van der Waals surface area contributed by atoms with Gasteiger partial charge in [-0.3, -0.25) is 0 Å². The fourth-order valence-corrected chi connectivity index (χ4v) is 6.30. The molecule has 2 atom stereocenters. The number of thiazole rings is 1. The minimum absolute atomic E-state index is 0.593. The van der Waals surface area contributed by atoms with E-state index in [4.69, 9.17) is 0 Å². The number of pyridine rings is 1. The summed E-state index contributed by atoms with van der Waals surface area (Å²) in [6, 6.07) is 11.4. The number of nitrogens with zero attached hydrogens (tertiary/aromatic N) is 3. The van der Waals surface area contributed by atoms with Gasteiger partial charge in [-0.1, -0.05) is 6.92 Å². The molecule has 144 valence electrons. The molecule has 0 unspecified atom stereocenters. The molecule has 1 aliphatic heterocycles. The van der Waals surface area contributed by atoms with Crippen LogP contribution in [-0.4, -0.2) is 34.0 Å². The predicted molar refractivity (Wildman–Crippen MR) is 121 cm³/mol. The van der Waals surface area contributed by atoms with Crippen molar-refractivity contribution in [3.05, 3.63) is 46.9 Å². The summed E-state index contributed by atoms with van der Waals surface area (Å²) in [5.74, 6) is 0.604. The first-order valence-corrected chi connectivity index (χ1v) is 11.7. The molecule has 0 saturated carbocycles. The van der Waals surface area contributed by atoms with Gasteiger partial charge >= 0.3 is 0 Å². The zero-order chi connectivity index (χ0) is 19.1. The van der Waals surface area contributed by atoms with Crippen molar-refractivity contribution in [3.63, 3.8) is 0 Å². The minimum Gasteiger partial charge on any atom is -0.355 e. The van der Waals surface area contributed by atoms with Crippen LogP contribution in [0.5, 0.6) is 0 Å². The number of nitrogens with one attached hydrogen (secondary N) is 1. The van der Waals surface area contributed by atoms with E-state index >= 15 is 0 Å². The Morgan fingerprint density at radius 1 is 1.21 bits per heavy atom. The second kappa shape index (κ2) is 7.43. The summed E-state index contributed by atoms with van der Waals surface area (Å²) < 4.78 is 1.22. The van der Waals surface area contributed by atoms with Gasteiger partial charge in [-0.2, -0.15) is 0 Å². The molecule has 1 aromatic carbocycles. The number of fused-ring (bicyclic) bond motifs is 2. The molecule has 4 aromatic rings. The molecular weight excluding hydrogens is 384 g/mol. The van der Waals surface area contributed by atoms with Crippen LogP contribution in [0.4, 0.5) is 11.4 Å². The Balaban J connectivity index is 1.48. The SMILES string of the molecule is CCN1CCC[C@@H](c2cc3c(Nc4ccc5scnc5c4)ccnc3s2)[C@H]1C. The number of likely N-dealkylation sites (N-methyl/N-ethyl adjacent to an activating group) is 1. The van der Waals surface area contributed by atoms with Gasteiger partial charge in [0.05, 0.1) is 21.4 Å². The molecule has 0 aliphatic carbocycles. The fraction of sp³-hybridized carbons (Fsp3) is 0.364. The third-order valence-corrected chi connectivity index (χ3v) is 7.94. The molecule has 0 bridgehead atoms. The summed E-state index contributed by atoms with van der Waals surface area (Å²) >= 11 is 3.54. The summed E-state index contributed by atoms with van der Waals surface area (Å²) in [7, 11) is 0. The van der Waals surface area contributed by atoms with Crippen molar-refractivity contribution >= 4 is 54.5 Å². The van der Waals surface area contributed by atoms with Gasteiger partial charge in [0.1, 0.15) is 4.83 Å². The molecule has 5 rings (SSSR count). The van der Waals surface area contributed by atoms with Gasteiger partial charge in [0.2, 0.25) is 0 Å². The number of rotatable bonds is 4. The minimum atomic E-state index is 0.593. The van der Waals surface area contributed by atoms with Crippen molar-refractivity contribution in [1.29, 1.82) is 0 Å². The van der Waals surface area contributed by atoms with E-state index < -0.39 is 0 Å². The van der Waals surface area contributed by atoms with Crippen LogP contribution < -0.4 is 5.32 Å². The molecule has 1 aliphatic rings. The highest BCUT2D eigenvalue weighted by molar-refractivity contribution is 7.18.